The Balaban J connectivity index is 1.06. The lowest BCUT2D eigenvalue weighted by atomic mass is 10.0. The second-order valence-corrected chi connectivity index (χ2v) is 12.4. The third kappa shape index (κ3) is 5.56. The molecule has 5 rings (SSSR count). The lowest BCUT2D eigenvalue weighted by Crippen LogP contribution is -2.64. The van der Waals surface area contributed by atoms with E-state index in [9.17, 15) is 18.0 Å². The fourth-order valence-electron chi connectivity index (χ4n) is 5.19. The van der Waals surface area contributed by atoms with Crippen molar-refractivity contribution in [3.63, 3.8) is 0 Å². The minimum Gasteiger partial charge on any atom is -0.489 e. The van der Waals surface area contributed by atoms with Gasteiger partial charge in [0.1, 0.15) is 11.9 Å². The maximum atomic E-state index is 13.0. The average molecular weight is 542 g/mol. The van der Waals surface area contributed by atoms with Gasteiger partial charge in [-0.1, -0.05) is 18.2 Å². The Bertz CT molecular complexity index is 1240. The Hall–Kier alpha value is -2.99. The number of carbonyl (C=O) groups is 2. The number of carbonyl (C=O) groups excluding carboxylic acids is 2. The molecule has 0 bridgehead atoms. The second kappa shape index (κ2) is 11.0. The van der Waals surface area contributed by atoms with Gasteiger partial charge in [0.2, 0.25) is 0 Å². The molecular weight excluding hydrogens is 506 g/mol. The van der Waals surface area contributed by atoms with Crippen LogP contribution in [0.15, 0.2) is 54.6 Å². The van der Waals surface area contributed by atoms with Gasteiger partial charge in [0, 0.05) is 77.1 Å². The molecule has 3 heterocycles. The first-order valence-electron chi connectivity index (χ1n) is 13.0. The van der Waals surface area contributed by atoms with Crippen molar-refractivity contribution < 1.29 is 22.7 Å². The molecule has 0 aliphatic carbocycles. The lowest BCUT2D eigenvalue weighted by Gasteiger charge is -2.48. The number of benzene rings is 2. The molecule has 3 saturated heterocycles. The van der Waals surface area contributed by atoms with Crippen molar-refractivity contribution in [2.24, 2.45) is 0 Å². The summed E-state index contributed by atoms with van der Waals surface area (Å²) in [5, 5.41) is 0. The molecule has 2 aromatic carbocycles. The minimum atomic E-state index is -3.44. The molecule has 3 aliphatic rings. The number of hydrogen-bond donors (Lipinski definition) is 0. The summed E-state index contributed by atoms with van der Waals surface area (Å²) < 4.78 is 33.2. The van der Waals surface area contributed by atoms with Crippen LogP contribution in [-0.2, 0) is 10.2 Å². The van der Waals surface area contributed by atoms with E-state index in [4.69, 9.17) is 4.74 Å². The summed E-state index contributed by atoms with van der Waals surface area (Å²) in [6, 6.07) is 16.8. The third-order valence-electron chi connectivity index (χ3n) is 7.59. The highest BCUT2D eigenvalue weighted by molar-refractivity contribution is 7.86. The molecule has 1 unspecified atom stereocenters. The first kappa shape index (κ1) is 26.6. The SMILES string of the molecule is CN(C)S(=O)(=O)N1CCC(Oc2ccc(C(=O)N3CC(N4CCN(C(=O)c5ccccc5)CC4)C3)cc2)C1. The lowest BCUT2D eigenvalue weighted by molar-refractivity contribution is 0.00853. The van der Waals surface area contributed by atoms with Gasteiger partial charge in [-0.15, -0.1) is 0 Å². The molecule has 0 N–H and O–H groups in total. The van der Waals surface area contributed by atoms with E-state index in [-0.39, 0.29) is 17.9 Å². The van der Waals surface area contributed by atoms with Crippen LogP contribution in [0.3, 0.4) is 0 Å². The van der Waals surface area contributed by atoms with Crippen LogP contribution in [0.5, 0.6) is 5.75 Å². The normalized spacial score (nSPS) is 21.5. The maximum absolute atomic E-state index is 13.0. The standard InChI is InChI=1S/C27H35N5O5S/c1-28(2)38(35,36)32-13-12-25(20-32)37-24-10-8-22(9-11-24)27(34)31-18-23(19-31)29-14-16-30(17-15-29)26(33)21-6-4-3-5-7-21/h3-11,23,25H,12-20H2,1-2H3. The summed E-state index contributed by atoms with van der Waals surface area (Å²) in [6.07, 6.45) is 0.406. The molecule has 0 saturated carbocycles. The number of piperazine rings is 1. The summed E-state index contributed by atoms with van der Waals surface area (Å²) in [5.41, 5.74) is 1.33. The molecule has 0 aromatic heterocycles. The van der Waals surface area contributed by atoms with Gasteiger partial charge in [-0.3, -0.25) is 14.5 Å². The van der Waals surface area contributed by atoms with Crippen molar-refractivity contribution in [3.8, 4) is 5.75 Å². The van der Waals surface area contributed by atoms with Crippen LogP contribution >= 0.6 is 0 Å². The summed E-state index contributed by atoms with van der Waals surface area (Å²) >= 11 is 0. The van der Waals surface area contributed by atoms with Crippen molar-refractivity contribution in [2.45, 2.75) is 18.6 Å². The predicted molar refractivity (Wildman–Crippen MR) is 143 cm³/mol. The summed E-state index contributed by atoms with van der Waals surface area (Å²) in [7, 11) is -0.396. The van der Waals surface area contributed by atoms with E-state index in [1.807, 2.05) is 40.1 Å². The summed E-state index contributed by atoms with van der Waals surface area (Å²) in [5.74, 6) is 0.696. The Morgan fingerprint density at radius 2 is 1.39 bits per heavy atom. The number of rotatable bonds is 7. The van der Waals surface area contributed by atoms with Crippen LogP contribution in [0.1, 0.15) is 27.1 Å². The highest BCUT2D eigenvalue weighted by Crippen LogP contribution is 2.24. The predicted octanol–water partition coefficient (Wildman–Crippen LogP) is 1.23. The number of ether oxygens (including phenoxy) is 1. The van der Waals surface area contributed by atoms with Gasteiger partial charge in [-0.25, -0.2) is 0 Å². The van der Waals surface area contributed by atoms with Crippen LogP contribution in [0.2, 0.25) is 0 Å². The quantitative estimate of drug-likeness (QED) is 0.524. The van der Waals surface area contributed by atoms with E-state index >= 15 is 0 Å². The Kier molecular flexibility index (Phi) is 7.71. The number of hydrogen-bond acceptors (Lipinski definition) is 6. The third-order valence-corrected chi connectivity index (χ3v) is 9.49. The van der Waals surface area contributed by atoms with Crippen molar-refractivity contribution >= 4 is 22.0 Å². The molecule has 0 radical (unpaired) electrons. The van der Waals surface area contributed by atoms with Crippen molar-refractivity contribution in [1.29, 1.82) is 0 Å². The van der Waals surface area contributed by atoms with Crippen molar-refractivity contribution in [3.05, 3.63) is 65.7 Å². The van der Waals surface area contributed by atoms with Crippen molar-refractivity contribution in [1.82, 2.24) is 23.3 Å². The minimum absolute atomic E-state index is 0.00481. The van der Waals surface area contributed by atoms with Crippen LogP contribution < -0.4 is 4.74 Å². The van der Waals surface area contributed by atoms with Crippen LogP contribution in [0, 0.1) is 0 Å². The Morgan fingerprint density at radius 3 is 2.03 bits per heavy atom. The zero-order valence-corrected chi connectivity index (χ0v) is 22.7. The van der Waals surface area contributed by atoms with E-state index in [1.165, 1.54) is 22.7 Å². The highest BCUT2D eigenvalue weighted by Gasteiger charge is 2.37. The molecule has 204 valence electrons. The smallest absolute Gasteiger partial charge is 0.281 e. The van der Waals surface area contributed by atoms with Gasteiger partial charge < -0.3 is 14.5 Å². The van der Waals surface area contributed by atoms with E-state index in [2.05, 4.69) is 4.90 Å². The first-order valence-corrected chi connectivity index (χ1v) is 14.4. The molecule has 10 nitrogen and oxygen atoms in total. The fourth-order valence-corrected chi connectivity index (χ4v) is 6.34. The van der Waals surface area contributed by atoms with Gasteiger partial charge in [0.25, 0.3) is 22.0 Å². The van der Waals surface area contributed by atoms with Gasteiger partial charge in [0.05, 0.1) is 6.54 Å². The van der Waals surface area contributed by atoms with Gasteiger partial charge in [-0.2, -0.15) is 17.0 Å². The van der Waals surface area contributed by atoms with Crippen LogP contribution in [0.25, 0.3) is 0 Å². The number of nitrogens with zero attached hydrogens (tertiary/aromatic N) is 5. The van der Waals surface area contributed by atoms with Gasteiger partial charge >= 0.3 is 0 Å². The summed E-state index contributed by atoms with van der Waals surface area (Å²) in [6.45, 7) is 5.11. The zero-order valence-electron chi connectivity index (χ0n) is 21.9. The van der Waals surface area contributed by atoms with Crippen molar-refractivity contribution in [2.75, 3.05) is 66.5 Å². The molecule has 3 fully saturated rings. The Labute approximate surface area is 224 Å². The first-order chi connectivity index (χ1) is 18.2. The van der Waals surface area contributed by atoms with Crippen LogP contribution in [0.4, 0.5) is 0 Å². The van der Waals surface area contributed by atoms with E-state index in [0.29, 0.717) is 63.0 Å². The van der Waals surface area contributed by atoms with Gasteiger partial charge in [-0.05, 0) is 42.8 Å². The van der Waals surface area contributed by atoms with Crippen LogP contribution in [-0.4, -0.2) is 122 Å². The molecule has 0 spiro atoms. The Morgan fingerprint density at radius 1 is 0.789 bits per heavy atom. The molecule has 2 amide bonds. The summed E-state index contributed by atoms with van der Waals surface area (Å²) in [4.78, 5) is 31.8. The molecule has 11 heteroatoms. The topological polar surface area (TPSA) is 93.7 Å². The average Bonchev–Trinajstić information content (AvgIpc) is 3.38. The fraction of sp³-hybridized carbons (Fsp3) is 0.481. The largest absolute Gasteiger partial charge is 0.489 e. The maximum Gasteiger partial charge on any atom is 0.281 e. The molecular formula is C27H35N5O5S. The highest BCUT2D eigenvalue weighted by atomic mass is 32.2. The van der Waals surface area contributed by atoms with E-state index < -0.39 is 10.2 Å². The number of likely N-dealkylation sites (tertiary alicyclic amines) is 1. The monoisotopic (exact) mass is 541 g/mol. The van der Waals surface area contributed by atoms with E-state index in [0.717, 1.165) is 18.7 Å². The molecule has 2 aromatic rings. The second-order valence-electron chi connectivity index (χ2n) is 10.3. The zero-order chi connectivity index (χ0) is 26.9. The molecule has 3 aliphatic heterocycles. The number of amides is 2. The van der Waals surface area contributed by atoms with Gasteiger partial charge in [0.15, 0.2) is 0 Å². The van der Waals surface area contributed by atoms with E-state index in [1.54, 1.807) is 24.3 Å². The molecule has 1 atom stereocenters. The molecule has 38 heavy (non-hydrogen) atoms.